The number of aromatic amines is 1. The summed E-state index contributed by atoms with van der Waals surface area (Å²) in [6.45, 7) is 2.26. The van der Waals surface area contributed by atoms with Gasteiger partial charge in [0, 0.05) is 5.39 Å². The van der Waals surface area contributed by atoms with Crippen LogP contribution in [0.2, 0.25) is 0 Å². The molecule has 4 nitrogen and oxygen atoms in total. The summed E-state index contributed by atoms with van der Waals surface area (Å²) in [5.74, 6) is 0.814. The van der Waals surface area contributed by atoms with Gasteiger partial charge in [0.1, 0.15) is 5.75 Å². The van der Waals surface area contributed by atoms with E-state index in [-0.39, 0.29) is 11.3 Å². The van der Waals surface area contributed by atoms with Gasteiger partial charge in [-0.05, 0) is 63.9 Å². The molecule has 2 heterocycles. The maximum atomic E-state index is 12.2. The maximum absolute atomic E-state index is 12.2. The Kier molecular flexibility index (Phi) is 3.97. The SMILES string of the molecule is CN1CCC(CCc2c(O)c3ccccc3[nH]c2=O)CC1. The van der Waals surface area contributed by atoms with Crippen molar-refractivity contribution in [2.75, 3.05) is 20.1 Å². The molecule has 1 aromatic heterocycles. The Morgan fingerprint density at radius 3 is 2.76 bits per heavy atom. The van der Waals surface area contributed by atoms with Gasteiger partial charge < -0.3 is 15.0 Å². The number of para-hydroxylation sites is 1. The summed E-state index contributed by atoms with van der Waals surface area (Å²) in [4.78, 5) is 17.4. The molecule has 1 aliphatic rings. The molecule has 0 aliphatic carbocycles. The van der Waals surface area contributed by atoms with Crippen LogP contribution in [0.5, 0.6) is 5.75 Å². The second-order valence-electron chi connectivity index (χ2n) is 6.11. The number of likely N-dealkylation sites (tertiary alicyclic amines) is 1. The van der Waals surface area contributed by atoms with E-state index in [4.69, 9.17) is 0 Å². The van der Waals surface area contributed by atoms with Gasteiger partial charge in [-0.15, -0.1) is 0 Å². The van der Waals surface area contributed by atoms with Gasteiger partial charge in [-0.25, -0.2) is 0 Å². The highest BCUT2D eigenvalue weighted by Crippen LogP contribution is 2.27. The van der Waals surface area contributed by atoms with Crippen LogP contribution in [0, 0.1) is 5.92 Å². The molecule has 1 fully saturated rings. The summed E-state index contributed by atoms with van der Waals surface area (Å²) < 4.78 is 0. The zero-order valence-electron chi connectivity index (χ0n) is 12.4. The third kappa shape index (κ3) is 2.95. The van der Waals surface area contributed by atoms with Crippen molar-refractivity contribution in [1.82, 2.24) is 9.88 Å². The van der Waals surface area contributed by atoms with E-state index >= 15 is 0 Å². The van der Waals surface area contributed by atoms with Gasteiger partial charge in [0.15, 0.2) is 0 Å². The molecule has 0 saturated carbocycles. The second kappa shape index (κ2) is 5.90. The van der Waals surface area contributed by atoms with Crippen molar-refractivity contribution in [1.29, 1.82) is 0 Å². The smallest absolute Gasteiger partial charge is 0.255 e. The quantitative estimate of drug-likeness (QED) is 0.911. The molecule has 0 radical (unpaired) electrons. The van der Waals surface area contributed by atoms with Crippen LogP contribution in [0.1, 0.15) is 24.8 Å². The van der Waals surface area contributed by atoms with Crippen LogP contribution < -0.4 is 5.56 Å². The van der Waals surface area contributed by atoms with Gasteiger partial charge in [0.25, 0.3) is 5.56 Å². The fourth-order valence-electron chi connectivity index (χ4n) is 3.20. The van der Waals surface area contributed by atoms with Crippen LogP contribution in [0.15, 0.2) is 29.1 Å². The number of hydrogen-bond donors (Lipinski definition) is 2. The van der Waals surface area contributed by atoms with E-state index in [2.05, 4.69) is 16.9 Å². The van der Waals surface area contributed by atoms with Gasteiger partial charge >= 0.3 is 0 Å². The number of hydrogen-bond acceptors (Lipinski definition) is 3. The summed E-state index contributed by atoms with van der Waals surface area (Å²) in [6.07, 6.45) is 3.99. The molecule has 3 rings (SSSR count). The van der Waals surface area contributed by atoms with Crippen molar-refractivity contribution >= 4 is 10.9 Å². The predicted octanol–water partition coefficient (Wildman–Crippen LogP) is 2.51. The van der Waals surface area contributed by atoms with Crippen LogP contribution in [0.3, 0.4) is 0 Å². The highest BCUT2D eigenvalue weighted by Gasteiger charge is 2.18. The number of benzene rings is 1. The first kappa shape index (κ1) is 14.1. The summed E-state index contributed by atoms with van der Waals surface area (Å²) in [6, 6.07) is 7.40. The fraction of sp³-hybridized carbons (Fsp3) is 0.471. The highest BCUT2D eigenvalue weighted by atomic mass is 16.3. The lowest BCUT2D eigenvalue weighted by atomic mass is 9.90. The maximum Gasteiger partial charge on any atom is 0.255 e. The summed E-state index contributed by atoms with van der Waals surface area (Å²) in [7, 11) is 2.15. The number of fused-ring (bicyclic) bond motifs is 1. The van der Waals surface area contributed by atoms with E-state index < -0.39 is 0 Å². The van der Waals surface area contributed by atoms with Crippen LogP contribution in [-0.4, -0.2) is 35.1 Å². The lowest BCUT2D eigenvalue weighted by Gasteiger charge is -2.28. The summed E-state index contributed by atoms with van der Waals surface area (Å²) in [5, 5.41) is 11.1. The number of aromatic hydroxyl groups is 1. The molecular weight excluding hydrogens is 264 g/mol. The Bertz CT molecular complexity index is 685. The highest BCUT2D eigenvalue weighted by molar-refractivity contribution is 5.85. The Hall–Kier alpha value is -1.81. The number of pyridine rings is 1. The summed E-state index contributed by atoms with van der Waals surface area (Å²) in [5.41, 5.74) is 1.08. The molecule has 0 amide bonds. The van der Waals surface area contributed by atoms with Crippen molar-refractivity contribution < 1.29 is 5.11 Å². The number of rotatable bonds is 3. The molecule has 1 aromatic carbocycles. The molecule has 2 N–H and O–H groups in total. The first-order valence-electron chi connectivity index (χ1n) is 7.66. The van der Waals surface area contributed by atoms with Crippen LogP contribution in [0.25, 0.3) is 10.9 Å². The average Bonchev–Trinajstić information content (AvgIpc) is 2.49. The second-order valence-corrected chi connectivity index (χ2v) is 6.11. The molecule has 2 aromatic rings. The number of aromatic nitrogens is 1. The van der Waals surface area contributed by atoms with E-state index in [1.165, 1.54) is 12.8 Å². The molecular formula is C17H22N2O2. The van der Waals surface area contributed by atoms with Crippen molar-refractivity contribution in [3.63, 3.8) is 0 Å². The van der Waals surface area contributed by atoms with Gasteiger partial charge in [0.05, 0.1) is 11.1 Å². The monoisotopic (exact) mass is 286 g/mol. The van der Waals surface area contributed by atoms with Gasteiger partial charge in [-0.1, -0.05) is 12.1 Å². The standard InChI is InChI=1S/C17H22N2O2/c1-19-10-8-12(9-11-19)6-7-14-16(20)13-4-2-3-5-15(13)18-17(14)21/h2-5,12H,6-11H2,1H3,(H2,18,20,21). The van der Waals surface area contributed by atoms with E-state index in [1.54, 1.807) is 0 Å². The van der Waals surface area contributed by atoms with Crippen molar-refractivity contribution in [2.24, 2.45) is 5.92 Å². The third-order valence-corrected chi connectivity index (χ3v) is 4.63. The number of piperidine rings is 1. The number of nitrogens with zero attached hydrogens (tertiary/aromatic N) is 1. The normalized spacial score (nSPS) is 17.4. The molecule has 0 atom stereocenters. The Morgan fingerprint density at radius 1 is 1.29 bits per heavy atom. The molecule has 112 valence electrons. The molecule has 0 bridgehead atoms. The lowest BCUT2D eigenvalue weighted by molar-refractivity contribution is 0.212. The van der Waals surface area contributed by atoms with Crippen LogP contribution in [-0.2, 0) is 6.42 Å². The minimum absolute atomic E-state index is 0.154. The zero-order valence-corrected chi connectivity index (χ0v) is 12.4. The van der Waals surface area contributed by atoms with Gasteiger partial charge in [0.2, 0.25) is 0 Å². The number of nitrogens with one attached hydrogen (secondary N) is 1. The van der Waals surface area contributed by atoms with E-state index in [0.717, 1.165) is 24.9 Å². The van der Waals surface area contributed by atoms with E-state index in [1.807, 2.05) is 24.3 Å². The van der Waals surface area contributed by atoms with Crippen LogP contribution >= 0.6 is 0 Å². The lowest BCUT2D eigenvalue weighted by Crippen LogP contribution is -2.30. The topological polar surface area (TPSA) is 56.3 Å². The Morgan fingerprint density at radius 2 is 2.00 bits per heavy atom. The van der Waals surface area contributed by atoms with Crippen LogP contribution in [0.4, 0.5) is 0 Å². The minimum Gasteiger partial charge on any atom is -0.507 e. The average molecular weight is 286 g/mol. The van der Waals surface area contributed by atoms with Crippen molar-refractivity contribution in [2.45, 2.75) is 25.7 Å². The Labute approximate surface area is 124 Å². The fourth-order valence-corrected chi connectivity index (χ4v) is 3.20. The number of H-pyrrole nitrogens is 1. The minimum atomic E-state index is -0.154. The predicted molar refractivity (Wildman–Crippen MR) is 84.8 cm³/mol. The zero-order chi connectivity index (χ0) is 14.8. The van der Waals surface area contributed by atoms with Crippen molar-refractivity contribution in [3.05, 3.63) is 40.2 Å². The largest absolute Gasteiger partial charge is 0.507 e. The first-order valence-corrected chi connectivity index (χ1v) is 7.66. The molecule has 4 heteroatoms. The molecule has 0 spiro atoms. The molecule has 21 heavy (non-hydrogen) atoms. The molecule has 0 unspecified atom stereocenters. The van der Waals surface area contributed by atoms with E-state index in [9.17, 15) is 9.90 Å². The third-order valence-electron chi connectivity index (χ3n) is 4.63. The van der Waals surface area contributed by atoms with Gasteiger partial charge in [-0.3, -0.25) is 4.79 Å². The van der Waals surface area contributed by atoms with Gasteiger partial charge in [-0.2, -0.15) is 0 Å². The summed E-state index contributed by atoms with van der Waals surface area (Å²) >= 11 is 0. The van der Waals surface area contributed by atoms with Crippen molar-refractivity contribution in [3.8, 4) is 5.75 Å². The molecule has 1 saturated heterocycles. The molecule has 1 aliphatic heterocycles. The first-order chi connectivity index (χ1) is 10.1. The van der Waals surface area contributed by atoms with E-state index in [0.29, 0.717) is 23.4 Å². The Balaban J connectivity index is 1.79.